The molecule has 5 nitrogen and oxygen atoms in total. The van der Waals surface area contributed by atoms with Crippen LogP contribution >= 0.6 is 0 Å². The summed E-state index contributed by atoms with van der Waals surface area (Å²) in [4.78, 5) is 21.5. The Kier molecular flexibility index (Phi) is 5.39. The van der Waals surface area contributed by atoms with Crippen molar-refractivity contribution in [1.82, 2.24) is 5.32 Å². The summed E-state index contributed by atoms with van der Waals surface area (Å²) >= 11 is 0. The fourth-order valence-corrected chi connectivity index (χ4v) is 1.40. The number of hydrogen-bond acceptors (Lipinski definition) is 3. The lowest BCUT2D eigenvalue weighted by Crippen LogP contribution is -2.25. The van der Waals surface area contributed by atoms with Crippen LogP contribution in [0, 0.1) is 22.5 Å². The topological polar surface area (TPSA) is 72.2 Å². The van der Waals surface area contributed by atoms with E-state index in [2.05, 4.69) is 11.2 Å². The lowest BCUT2D eigenvalue weighted by Gasteiger charge is -2.03. The Morgan fingerprint density at radius 1 is 1.39 bits per heavy atom. The van der Waals surface area contributed by atoms with Gasteiger partial charge in [-0.1, -0.05) is 12.1 Å². The largest absolute Gasteiger partial charge is 0.356 e. The second-order valence-corrected chi connectivity index (χ2v) is 3.76. The van der Waals surface area contributed by atoms with Crippen molar-refractivity contribution in [3.05, 3.63) is 39.9 Å². The van der Waals surface area contributed by atoms with Gasteiger partial charge in [0.15, 0.2) is 0 Å². The molecule has 0 radical (unpaired) electrons. The van der Waals surface area contributed by atoms with E-state index in [1.165, 1.54) is 12.1 Å². The van der Waals surface area contributed by atoms with Crippen molar-refractivity contribution in [3.8, 4) is 12.3 Å². The Balaban J connectivity index is 2.40. The Bertz CT molecular complexity index is 460. The van der Waals surface area contributed by atoms with Crippen LogP contribution < -0.4 is 5.32 Å². The molecule has 0 spiro atoms. The summed E-state index contributed by atoms with van der Waals surface area (Å²) in [6, 6.07) is 5.94. The maximum atomic E-state index is 11.5. The standard InChI is InChI=1S/C13H14N2O3/c1-2-3-4-9-14-13(16)10-11-5-7-12(8-6-11)15(17)18/h1,5-8H,3-4,9-10H2,(H,14,16). The van der Waals surface area contributed by atoms with Crippen LogP contribution in [0.4, 0.5) is 5.69 Å². The predicted molar refractivity (Wildman–Crippen MR) is 67.9 cm³/mol. The van der Waals surface area contributed by atoms with E-state index in [1.54, 1.807) is 12.1 Å². The molecule has 0 fully saturated rings. The Morgan fingerprint density at radius 3 is 2.61 bits per heavy atom. The van der Waals surface area contributed by atoms with Crippen molar-refractivity contribution >= 4 is 11.6 Å². The van der Waals surface area contributed by atoms with Gasteiger partial charge in [-0.3, -0.25) is 14.9 Å². The zero-order valence-corrected chi connectivity index (χ0v) is 9.89. The van der Waals surface area contributed by atoms with Gasteiger partial charge in [-0.05, 0) is 12.0 Å². The van der Waals surface area contributed by atoms with Crippen LogP contribution in [0.15, 0.2) is 24.3 Å². The number of carbonyl (C=O) groups excluding carboxylic acids is 1. The average Bonchev–Trinajstić information content (AvgIpc) is 2.35. The van der Waals surface area contributed by atoms with E-state index in [0.717, 1.165) is 12.0 Å². The fourth-order valence-electron chi connectivity index (χ4n) is 1.40. The Labute approximate surface area is 105 Å². The quantitative estimate of drug-likeness (QED) is 0.359. The van der Waals surface area contributed by atoms with Crippen LogP contribution in [0.5, 0.6) is 0 Å². The molecule has 18 heavy (non-hydrogen) atoms. The first-order valence-electron chi connectivity index (χ1n) is 5.57. The molecule has 0 aromatic heterocycles. The Hall–Kier alpha value is -2.35. The van der Waals surface area contributed by atoms with Crippen molar-refractivity contribution in [2.45, 2.75) is 19.3 Å². The maximum Gasteiger partial charge on any atom is 0.269 e. The van der Waals surface area contributed by atoms with Gasteiger partial charge in [0.25, 0.3) is 5.69 Å². The summed E-state index contributed by atoms with van der Waals surface area (Å²) in [6.07, 6.45) is 6.70. The van der Waals surface area contributed by atoms with Gasteiger partial charge in [0.1, 0.15) is 0 Å². The summed E-state index contributed by atoms with van der Waals surface area (Å²) < 4.78 is 0. The zero-order valence-electron chi connectivity index (χ0n) is 9.89. The van der Waals surface area contributed by atoms with Gasteiger partial charge in [-0.2, -0.15) is 0 Å². The molecule has 5 heteroatoms. The molecule has 1 N–H and O–H groups in total. The number of non-ortho nitro benzene ring substituents is 1. The van der Waals surface area contributed by atoms with E-state index in [-0.39, 0.29) is 18.0 Å². The minimum absolute atomic E-state index is 0.0215. The minimum atomic E-state index is -0.469. The summed E-state index contributed by atoms with van der Waals surface area (Å²) in [6.45, 7) is 0.552. The van der Waals surface area contributed by atoms with Gasteiger partial charge in [0.05, 0.1) is 11.3 Å². The molecular formula is C13H14N2O3. The second-order valence-electron chi connectivity index (χ2n) is 3.76. The third kappa shape index (κ3) is 4.66. The monoisotopic (exact) mass is 246 g/mol. The molecule has 1 aromatic rings. The fraction of sp³-hybridized carbons (Fsp3) is 0.308. The van der Waals surface area contributed by atoms with Crippen LogP contribution in [0.25, 0.3) is 0 Å². The van der Waals surface area contributed by atoms with E-state index in [9.17, 15) is 14.9 Å². The van der Waals surface area contributed by atoms with Crippen molar-refractivity contribution in [2.75, 3.05) is 6.54 Å². The Morgan fingerprint density at radius 2 is 2.06 bits per heavy atom. The lowest BCUT2D eigenvalue weighted by molar-refractivity contribution is -0.384. The highest BCUT2D eigenvalue weighted by Crippen LogP contribution is 2.12. The normalized spacial score (nSPS) is 9.50. The van der Waals surface area contributed by atoms with Crippen molar-refractivity contribution < 1.29 is 9.72 Å². The molecule has 0 aliphatic rings. The first-order chi connectivity index (χ1) is 8.63. The first kappa shape index (κ1) is 13.7. The highest BCUT2D eigenvalue weighted by molar-refractivity contribution is 5.78. The van der Waals surface area contributed by atoms with E-state index in [1.807, 2.05) is 0 Å². The second kappa shape index (κ2) is 7.07. The number of amides is 1. The van der Waals surface area contributed by atoms with Crippen molar-refractivity contribution in [1.29, 1.82) is 0 Å². The molecule has 0 aliphatic carbocycles. The predicted octanol–water partition coefficient (Wildman–Crippen LogP) is 1.67. The SMILES string of the molecule is C#CCCCNC(=O)Cc1ccc([N+](=O)[O-])cc1. The number of hydrogen-bond donors (Lipinski definition) is 1. The van der Waals surface area contributed by atoms with Crippen LogP contribution in [-0.4, -0.2) is 17.4 Å². The third-order valence-corrected chi connectivity index (χ3v) is 2.33. The van der Waals surface area contributed by atoms with Gasteiger partial charge in [0.2, 0.25) is 5.91 Å². The number of terminal acetylenes is 1. The first-order valence-corrected chi connectivity index (χ1v) is 5.57. The molecule has 0 unspecified atom stereocenters. The number of nitrogens with zero attached hydrogens (tertiary/aromatic N) is 1. The smallest absolute Gasteiger partial charge is 0.269 e. The number of benzene rings is 1. The molecular weight excluding hydrogens is 232 g/mol. The number of nitrogens with one attached hydrogen (secondary N) is 1. The molecule has 1 rings (SSSR count). The molecule has 0 atom stereocenters. The summed E-state index contributed by atoms with van der Waals surface area (Å²) in [5.41, 5.74) is 0.767. The molecule has 0 saturated carbocycles. The van der Waals surface area contributed by atoms with Gasteiger partial charge in [-0.15, -0.1) is 12.3 Å². The molecule has 1 aromatic carbocycles. The van der Waals surface area contributed by atoms with Crippen molar-refractivity contribution in [2.24, 2.45) is 0 Å². The van der Waals surface area contributed by atoms with E-state index < -0.39 is 4.92 Å². The van der Waals surface area contributed by atoms with Crippen LogP contribution in [0.2, 0.25) is 0 Å². The third-order valence-electron chi connectivity index (χ3n) is 2.33. The number of rotatable bonds is 6. The van der Waals surface area contributed by atoms with E-state index in [4.69, 9.17) is 6.42 Å². The van der Waals surface area contributed by atoms with Gasteiger partial charge in [-0.25, -0.2) is 0 Å². The van der Waals surface area contributed by atoms with E-state index in [0.29, 0.717) is 13.0 Å². The van der Waals surface area contributed by atoms with E-state index >= 15 is 0 Å². The summed E-state index contributed by atoms with van der Waals surface area (Å²) in [7, 11) is 0. The highest BCUT2D eigenvalue weighted by Gasteiger charge is 2.06. The molecule has 94 valence electrons. The number of unbranched alkanes of at least 4 members (excludes halogenated alkanes) is 1. The summed E-state index contributed by atoms with van der Waals surface area (Å²) in [5.74, 6) is 2.38. The molecule has 0 heterocycles. The molecule has 0 bridgehead atoms. The molecule has 1 amide bonds. The molecule has 0 aliphatic heterocycles. The van der Waals surface area contributed by atoms with Crippen LogP contribution in [0.3, 0.4) is 0 Å². The van der Waals surface area contributed by atoms with Crippen LogP contribution in [-0.2, 0) is 11.2 Å². The number of nitro benzene ring substituents is 1. The van der Waals surface area contributed by atoms with Gasteiger partial charge < -0.3 is 5.32 Å². The minimum Gasteiger partial charge on any atom is -0.356 e. The average molecular weight is 246 g/mol. The van der Waals surface area contributed by atoms with Gasteiger partial charge in [0, 0.05) is 25.1 Å². The highest BCUT2D eigenvalue weighted by atomic mass is 16.6. The number of carbonyl (C=O) groups is 1. The summed E-state index contributed by atoms with van der Waals surface area (Å²) in [5, 5.41) is 13.2. The van der Waals surface area contributed by atoms with Crippen molar-refractivity contribution in [3.63, 3.8) is 0 Å². The van der Waals surface area contributed by atoms with Gasteiger partial charge >= 0.3 is 0 Å². The molecule has 0 saturated heterocycles. The number of nitro groups is 1. The van der Waals surface area contributed by atoms with Crippen LogP contribution in [0.1, 0.15) is 18.4 Å². The zero-order chi connectivity index (χ0) is 13.4. The maximum absolute atomic E-state index is 11.5. The lowest BCUT2D eigenvalue weighted by atomic mass is 10.1.